The molecule has 0 amide bonds. The summed E-state index contributed by atoms with van der Waals surface area (Å²) in [7, 11) is 0. The van der Waals surface area contributed by atoms with Gasteiger partial charge in [0.1, 0.15) is 12.4 Å². The Morgan fingerprint density at radius 3 is 3.08 bits per heavy atom. The van der Waals surface area contributed by atoms with Crippen LogP contribution in [0.2, 0.25) is 0 Å². The lowest BCUT2D eigenvalue weighted by molar-refractivity contribution is 0.349. The Morgan fingerprint density at radius 2 is 2.46 bits per heavy atom. The molecule has 0 aliphatic carbocycles. The summed E-state index contributed by atoms with van der Waals surface area (Å²) in [6, 6.07) is 3.72. The summed E-state index contributed by atoms with van der Waals surface area (Å²) in [5.41, 5.74) is 1.75. The topological polar surface area (TPSA) is 22.1 Å². The normalized spacial score (nSPS) is 9.69. The minimum atomic E-state index is 0.430. The summed E-state index contributed by atoms with van der Waals surface area (Å²) < 4.78 is 5.44. The Bertz CT molecular complexity index is 299. The van der Waals surface area contributed by atoms with Crippen molar-refractivity contribution in [3.63, 3.8) is 0 Å². The van der Waals surface area contributed by atoms with Crippen LogP contribution in [0.4, 0.5) is 0 Å². The van der Waals surface area contributed by atoms with Crippen molar-refractivity contribution in [1.29, 1.82) is 0 Å². The maximum atomic E-state index is 5.56. The molecule has 0 saturated heterocycles. The van der Waals surface area contributed by atoms with Crippen LogP contribution in [0.3, 0.4) is 0 Å². The third kappa shape index (κ3) is 3.07. The second-order valence-electron chi connectivity index (χ2n) is 2.76. The summed E-state index contributed by atoms with van der Waals surface area (Å²) in [4.78, 5) is 4.10. The Balaban J connectivity index is 2.54. The van der Waals surface area contributed by atoms with Crippen LogP contribution >= 0.6 is 11.6 Å². The van der Waals surface area contributed by atoms with Crippen molar-refractivity contribution in [3.8, 4) is 5.75 Å². The number of halogens is 1. The first-order valence-electron chi connectivity index (χ1n) is 4.01. The van der Waals surface area contributed by atoms with Crippen molar-refractivity contribution < 1.29 is 4.74 Å². The highest BCUT2D eigenvalue weighted by molar-refractivity contribution is 6.19. The summed E-state index contributed by atoms with van der Waals surface area (Å²) in [6.07, 6.45) is 1.73. The fourth-order valence-electron chi connectivity index (χ4n) is 0.840. The van der Waals surface area contributed by atoms with Gasteiger partial charge in [-0.15, -0.1) is 11.6 Å². The Morgan fingerprint density at radius 1 is 1.69 bits per heavy atom. The number of aromatic nitrogens is 1. The number of hydrogen-bond donors (Lipinski definition) is 0. The van der Waals surface area contributed by atoms with E-state index >= 15 is 0 Å². The van der Waals surface area contributed by atoms with E-state index in [1.54, 1.807) is 6.20 Å². The minimum Gasteiger partial charge on any atom is -0.487 e. The second-order valence-corrected chi connectivity index (χ2v) is 3.03. The summed E-state index contributed by atoms with van der Waals surface area (Å²) in [5.74, 6) is 1.22. The Labute approximate surface area is 83.2 Å². The predicted octanol–water partition coefficient (Wildman–Crippen LogP) is 2.56. The molecule has 0 aliphatic rings. The van der Waals surface area contributed by atoms with Gasteiger partial charge in [0.25, 0.3) is 0 Å². The molecule has 0 N–H and O–H groups in total. The molecular formula is C10H12ClNO. The molecule has 0 fully saturated rings. The molecule has 13 heavy (non-hydrogen) atoms. The van der Waals surface area contributed by atoms with E-state index in [0.717, 1.165) is 17.0 Å². The molecule has 70 valence electrons. The van der Waals surface area contributed by atoms with E-state index in [0.29, 0.717) is 12.5 Å². The first-order valence-corrected chi connectivity index (χ1v) is 4.54. The van der Waals surface area contributed by atoms with Crippen molar-refractivity contribution in [1.82, 2.24) is 4.98 Å². The predicted molar refractivity (Wildman–Crippen MR) is 54.3 cm³/mol. The largest absolute Gasteiger partial charge is 0.487 e. The van der Waals surface area contributed by atoms with Crippen molar-refractivity contribution in [2.24, 2.45) is 0 Å². The molecule has 1 aromatic heterocycles. The molecular weight excluding hydrogens is 186 g/mol. The number of nitrogens with zero attached hydrogens (tertiary/aromatic N) is 1. The second kappa shape index (κ2) is 4.87. The van der Waals surface area contributed by atoms with Crippen molar-refractivity contribution in [2.75, 3.05) is 12.5 Å². The van der Waals surface area contributed by atoms with Gasteiger partial charge < -0.3 is 4.74 Å². The molecule has 1 aromatic rings. The zero-order chi connectivity index (χ0) is 9.68. The molecule has 0 atom stereocenters. The van der Waals surface area contributed by atoms with Crippen molar-refractivity contribution in [2.45, 2.75) is 6.92 Å². The highest BCUT2D eigenvalue weighted by Crippen LogP contribution is 2.14. The van der Waals surface area contributed by atoms with Gasteiger partial charge in [-0.25, -0.2) is 0 Å². The first kappa shape index (κ1) is 10.1. The molecule has 1 heterocycles. The van der Waals surface area contributed by atoms with Gasteiger partial charge in [-0.1, -0.05) is 6.58 Å². The monoisotopic (exact) mass is 197 g/mol. The number of rotatable bonds is 4. The average molecular weight is 198 g/mol. The fourth-order valence-corrected chi connectivity index (χ4v) is 0.918. The van der Waals surface area contributed by atoms with Gasteiger partial charge >= 0.3 is 0 Å². The van der Waals surface area contributed by atoms with E-state index in [4.69, 9.17) is 16.3 Å². The van der Waals surface area contributed by atoms with Crippen LogP contribution in [0.15, 0.2) is 30.5 Å². The SMILES string of the molecule is C=C(CCl)COc1cccnc1C. The van der Waals surface area contributed by atoms with Gasteiger partial charge in [0, 0.05) is 12.1 Å². The number of hydrogen-bond acceptors (Lipinski definition) is 2. The first-order chi connectivity index (χ1) is 6.24. The van der Waals surface area contributed by atoms with Gasteiger partial charge in [-0.2, -0.15) is 0 Å². The van der Waals surface area contributed by atoms with E-state index in [1.165, 1.54) is 0 Å². The molecule has 0 unspecified atom stereocenters. The number of alkyl halides is 1. The van der Waals surface area contributed by atoms with Crippen LogP contribution < -0.4 is 4.74 Å². The lowest BCUT2D eigenvalue weighted by Crippen LogP contribution is -2.02. The van der Waals surface area contributed by atoms with Crippen molar-refractivity contribution in [3.05, 3.63) is 36.2 Å². The van der Waals surface area contributed by atoms with Crippen LogP contribution in [-0.4, -0.2) is 17.5 Å². The molecule has 0 aromatic carbocycles. The quantitative estimate of drug-likeness (QED) is 0.547. The lowest BCUT2D eigenvalue weighted by atomic mass is 10.3. The van der Waals surface area contributed by atoms with E-state index in [-0.39, 0.29) is 0 Å². The van der Waals surface area contributed by atoms with Gasteiger partial charge in [0.15, 0.2) is 0 Å². The molecule has 3 heteroatoms. The van der Waals surface area contributed by atoms with Crippen LogP contribution in [0, 0.1) is 6.92 Å². The van der Waals surface area contributed by atoms with Gasteiger partial charge in [0.05, 0.1) is 5.69 Å². The van der Waals surface area contributed by atoms with Crippen molar-refractivity contribution >= 4 is 11.6 Å². The molecule has 2 nitrogen and oxygen atoms in total. The number of ether oxygens (including phenoxy) is 1. The molecule has 0 spiro atoms. The standard InChI is InChI=1S/C10H12ClNO/c1-8(6-11)7-13-10-4-3-5-12-9(10)2/h3-5H,1,6-7H2,2H3. The third-order valence-electron chi connectivity index (χ3n) is 1.58. The summed E-state index contributed by atoms with van der Waals surface area (Å²) >= 11 is 5.56. The van der Waals surface area contributed by atoms with Gasteiger partial charge in [0.2, 0.25) is 0 Å². The molecule has 0 aliphatic heterocycles. The summed E-state index contributed by atoms with van der Waals surface area (Å²) in [5, 5.41) is 0. The fraction of sp³-hybridized carbons (Fsp3) is 0.300. The number of aryl methyl sites for hydroxylation is 1. The third-order valence-corrected chi connectivity index (χ3v) is 1.96. The van der Waals surface area contributed by atoms with E-state index < -0.39 is 0 Å². The van der Waals surface area contributed by atoms with Crippen LogP contribution in [0.25, 0.3) is 0 Å². The van der Waals surface area contributed by atoms with E-state index in [2.05, 4.69) is 11.6 Å². The molecule has 0 radical (unpaired) electrons. The average Bonchev–Trinajstić information content (AvgIpc) is 2.16. The molecule has 0 saturated carbocycles. The maximum Gasteiger partial charge on any atom is 0.140 e. The lowest BCUT2D eigenvalue weighted by Gasteiger charge is -2.07. The molecule has 1 rings (SSSR count). The smallest absolute Gasteiger partial charge is 0.140 e. The van der Waals surface area contributed by atoms with Gasteiger partial charge in [-0.05, 0) is 24.6 Å². The van der Waals surface area contributed by atoms with Crippen LogP contribution in [0.5, 0.6) is 5.75 Å². The number of pyridine rings is 1. The Kier molecular flexibility index (Phi) is 3.77. The summed E-state index contributed by atoms with van der Waals surface area (Å²) in [6.45, 7) is 6.10. The zero-order valence-electron chi connectivity index (χ0n) is 7.59. The molecule has 0 bridgehead atoms. The maximum absolute atomic E-state index is 5.56. The zero-order valence-corrected chi connectivity index (χ0v) is 8.34. The highest BCUT2D eigenvalue weighted by Gasteiger charge is 1.99. The van der Waals surface area contributed by atoms with Crippen LogP contribution in [-0.2, 0) is 0 Å². The van der Waals surface area contributed by atoms with E-state index in [1.807, 2.05) is 19.1 Å². The van der Waals surface area contributed by atoms with Crippen LogP contribution in [0.1, 0.15) is 5.69 Å². The van der Waals surface area contributed by atoms with Gasteiger partial charge in [-0.3, -0.25) is 4.98 Å². The highest BCUT2D eigenvalue weighted by atomic mass is 35.5. The Hall–Kier alpha value is -1.02. The van der Waals surface area contributed by atoms with E-state index in [9.17, 15) is 0 Å². The minimum absolute atomic E-state index is 0.430.